The molecule has 3 aromatic rings. The van der Waals surface area contributed by atoms with Gasteiger partial charge in [-0.25, -0.2) is 8.42 Å². The molecule has 0 radical (unpaired) electrons. The van der Waals surface area contributed by atoms with Crippen molar-refractivity contribution in [3.8, 4) is 0 Å². The van der Waals surface area contributed by atoms with Gasteiger partial charge in [-0.3, -0.25) is 9.78 Å². The zero-order valence-electron chi connectivity index (χ0n) is 17.5. The predicted octanol–water partition coefficient (Wildman–Crippen LogP) is 4.01. The number of pyridine rings is 1. The van der Waals surface area contributed by atoms with E-state index in [0.29, 0.717) is 35.1 Å². The van der Waals surface area contributed by atoms with Crippen molar-refractivity contribution in [3.63, 3.8) is 0 Å². The second-order valence-electron chi connectivity index (χ2n) is 8.41. The van der Waals surface area contributed by atoms with Crippen molar-refractivity contribution in [1.29, 1.82) is 0 Å². The maximum Gasteiger partial charge on any atom is 0.252 e. The Labute approximate surface area is 202 Å². The third-order valence-corrected chi connectivity index (χ3v) is 9.13. The topological polar surface area (TPSA) is 79.4 Å². The van der Waals surface area contributed by atoms with Crippen LogP contribution in [0.5, 0.6) is 0 Å². The molecule has 2 fully saturated rings. The van der Waals surface area contributed by atoms with E-state index >= 15 is 0 Å². The Morgan fingerprint density at radius 3 is 2.36 bits per heavy atom. The van der Waals surface area contributed by atoms with Crippen molar-refractivity contribution in [2.75, 3.05) is 19.6 Å². The molecule has 5 rings (SSSR count). The minimum atomic E-state index is -3.56. The number of hydrogen-bond acceptors (Lipinski definition) is 4. The molecule has 2 heterocycles. The normalized spacial score (nSPS) is 24.3. The summed E-state index contributed by atoms with van der Waals surface area (Å²) in [6.07, 6.45) is 1.72. The summed E-state index contributed by atoms with van der Waals surface area (Å²) in [5.74, 6) is -0.176. The van der Waals surface area contributed by atoms with Crippen molar-refractivity contribution in [3.05, 3.63) is 94.2 Å². The summed E-state index contributed by atoms with van der Waals surface area (Å²) in [7, 11) is -3.56. The smallest absolute Gasteiger partial charge is 0.252 e. The van der Waals surface area contributed by atoms with E-state index in [1.807, 2.05) is 18.2 Å². The molecule has 0 spiro atoms. The summed E-state index contributed by atoms with van der Waals surface area (Å²) in [6, 6.07) is 18.9. The highest BCUT2D eigenvalue weighted by atomic mass is 35.5. The minimum absolute atomic E-state index is 0.0619. The fourth-order valence-corrected chi connectivity index (χ4v) is 7.01. The lowest BCUT2D eigenvalue weighted by Crippen LogP contribution is -2.41. The van der Waals surface area contributed by atoms with Crippen LogP contribution in [0.4, 0.5) is 0 Å². The van der Waals surface area contributed by atoms with Gasteiger partial charge in [0.05, 0.1) is 15.5 Å². The van der Waals surface area contributed by atoms with Gasteiger partial charge in [-0.15, -0.1) is 0 Å². The van der Waals surface area contributed by atoms with Crippen LogP contribution in [0.25, 0.3) is 0 Å². The van der Waals surface area contributed by atoms with Gasteiger partial charge in [-0.1, -0.05) is 47.5 Å². The first-order valence-electron chi connectivity index (χ1n) is 10.5. The van der Waals surface area contributed by atoms with Crippen LogP contribution in [0.3, 0.4) is 0 Å². The molecule has 2 unspecified atom stereocenters. The van der Waals surface area contributed by atoms with Crippen molar-refractivity contribution >= 4 is 39.1 Å². The Bertz CT molecular complexity index is 1290. The second kappa shape index (κ2) is 8.40. The molecule has 1 amide bonds. The van der Waals surface area contributed by atoms with Crippen molar-refractivity contribution < 1.29 is 13.2 Å². The SMILES string of the molecule is O=C(NCC1(c2ccccn2)C2CN(S(=O)(=O)c3ccccc3)CC21)c1ccc(Cl)cc1Cl. The standard InChI is InChI=1S/C24H21Cl2N3O3S/c25-16-9-10-18(21(26)12-16)23(30)28-15-24(22-8-4-5-11-27-22)19-13-29(14-20(19)24)33(31,32)17-6-2-1-3-7-17/h1-12,19-20H,13-15H2,(H,28,30). The number of nitrogens with one attached hydrogen (secondary N) is 1. The largest absolute Gasteiger partial charge is 0.351 e. The monoisotopic (exact) mass is 501 g/mol. The number of hydrogen-bond donors (Lipinski definition) is 1. The minimum Gasteiger partial charge on any atom is -0.351 e. The average Bonchev–Trinajstić information content (AvgIpc) is 3.17. The molecule has 9 heteroatoms. The molecule has 1 saturated heterocycles. The Kier molecular flexibility index (Phi) is 5.69. The number of fused-ring (bicyclic) bond motifs is 1. The van der Waals surface area contributed by atoms with Gasteiger partial charge in [0.2, 0.25) is 10.0 Å². The lowest BCUT2D eigenvalue weighted by atomic mass is 9.94. The Hall–Kier alpha value is -2.45. The molecular formula is C24H21Cl2N3O3S. The van der Waals surface area contributed by atoms with Crippen LogP contribution in [0.2, 0.25) is 10.0 Å². The lowest BCUT2D eigenvalue weighted by molar-refractivity contribution is 0.0947. The highest BCUT2D eigenvalue weighted by molar-refractivity contribution is 7.89. The van der Waals surface area contributed by atoms with E-state index in [4.69, 9.17) is 23.2 Å². The van der Waals surface area contributed by atoms with E-state index in [1.165, 1.54) is 10.4 Å². The van der Waals surface area contributed by atoms with E-state index < -0.39 is 15.4 Å². The number of nitrogens with zero attached hydrogens (tertiary/aromatic N) is 2. The quantitative estimate of drug-likeness (QED) is 0.553. The average molecular weight is 502 g/mol. The van der Waals surface area contributed by atoms with Crippen LogP contribution in [-0.2, 0) is 15.4 Å². The summed E-state index contributed by atoms with van der Waals surface area (Å²) < 4.78 is 27.7. The number of rotatable bonds is 6. The molecule has 2 aromatic carbocycles. The van der Waals surface area contributed by atoms with Gasteiger partial charge < -0.3 is 5.32 Å². The summed E-state index contributed by atoms with van der Waals surface area (Å²) in [4.78, 5) is 17.7. The van der Waals surface area contributed by atoms with Gasteiger partial charge >= 0.3 is 0 Å². The first kappa shape index (κ1) is 22.3. The van der Waals surface area contributed by atoms with Crippen LogP contribution < -0.4 is 5.32 Å². The molecule has 1 aliphatic carbocycles. The number of amides is 1. The zero-order chi connectivity index (χ0) is 23.2. The number of benzene rings is 2. The fourth-order valence-electron chi connectivity index (χ4n) is 5.00. The van der Waals surface area contributed by atoms with E-state index in [2.05, 4.69) is 10.3 Å². The molecule has 2 aliphatic rings. The predicted molar refractivity (Wildman–Crippen MR) is 127 cm³/mol. The Morgan fingerprint density at radius 1 is 1.03 bits per heavy atom. The molecule has 1 saturated carbocycles. The number of carbonyl (C=O) groups excluding carboxylic acids is 1. The summed E-state index contributed by atoms with van der Waals surface area (Å²) in [5.41, 5.74) is 0.786. The van der Waals surface area contributed by atoms with Gasteiger partial charge in [0.1, 0.15) is 0 Å². The Morgan fingerprint density at radius 2 is 1.73 bits per heavy atom. The van der Waals surface area contributed by atoms with Gasteiger partial charge in [-0.05, 0) is 54.3 Å². The van der Waals surface area contributed by atoms with Gasteiger partial charge in [0.25, 0.3) is 5.91 Å². The van der Waals surface area contributed by atoms with Gasteiger partial charge in [0, 0.05) is 42.0 Å². The molecule has 170 valence electrons. The van der Waals surface area contributed by atoms with Crippen molar-refractivity contribution in [2.45, 2.75) is 10.3 Å². The number of piperidine rings is 1. The van der Waals surface area contributed by atoms with E-state index in [0.717, 1.165) is 5.69 Å². The van der Waals surface area contributed by atoms with E-state index in [-0.39, 0.29) is 22.8 Å². The Balaban J connectivity index is 1.37. The van der Waals surface area contributed by atoms with Crippen molar-refractivity contribution in [1.82, 2.24) is 14.6 Å². The third-order valence-electron chi connectivity index (χ3n) is 6.74. The highest BCUT2D eigenvalue weighted by Crippen LogP contribution is 2.63. The van der Waals surface area contributed by atoms with Crippen molar-refractivity contribution in [2.24, 2.45) is 11.8 Å². The van der Waals surface area contributed by atoms with Crippen LogP contribution in [-0.4, -0.2) is 43.2 Å². The molecule has 2 atom stereocenters. The number of halogens is 2. The zero-order valence-corrected chi connectivity index (χ0v) is 19.8. The molecule has 1 N–H and O–H groups in total. The summed E-state index contributed by atoms with van der Waals surface area (Å²) in [6.45, 7) is 1.11. The third kappa shape index (κ3) is 3.83. The summed E-state index contributed by atoms with van der Waals surface area (Å²) in [5, 5.41) is 3.74. The number of aromatic nitrogens is 1. The van der Waals surface area contributed by atoms with Crippen LogP contribution >= 0.6 is 23.2 Å². The van der Waals surface area contributed by atoms with Gasteiger partial charge in [0.15, 0.2) is 0 Å². The fraction of sp³-hybridized carbons (Fsp3) is 0.250. The number of carbonyl (C=O) groups is 1. The molecule has 1 aromatic heterocycles. The molecule has 6 nitrogen and oxygen atoms in total. The lowest BCUT2D eigenvalue weighted by Gasteiger charge is -2.26. The first-order chi connectivity index (χ1) is 15.8. The highest BCUT2D eigenvalue weighted by Gasteiger charge is 2.70. The number of sulfonamides is 1. The maximum absolute atomic E-state index is 13.1. The summed E-state index contributed by atoms with van der Waals surface area (Å²) >= 11 is 12.1. The second-order valence-corrected chi connectivity index (χ2v) is 11.2. The molecule has 33 heavy (non-hydrogen) atoms. The first-order valence-corrected chi connectivity index (χ1v) is 12.7. The maximum atomic E-state index is 13.1. The van der Waals surface area contributed by atoms with Crippen LogP contribution in [0.1, 0.15) is 16.1 Å². The van der Waals surface area contributed by atoms with Gasteiger partial charge in [-0.2, -0.15) is 4.31 Å². The van der Waals surface area contributed by atoms with Crippen LogP contribution in [0, 0.1) is 11.8 Å². The van der Waals surface area contributed by atoms with E-state index in [9.17, 15) is 13.2 Å². The van der Waals surface area contributed by atoms with E-state index in [1.54, 1.807) is 48.7 Å². The molecule has 1 aliphatic heterocycles. The molecular weight excluding hydrogens is 481 g/mol. The van der Waals surface area contributed by atoms with Crippen LogP contribution in [0.15, 0.2) is 77.8 Å². The molecule has 0 bridgehead atoms.